The highest BCUT2D eigenvalue weighted by molar-refractivity contribution is 8.87. The number of unbranched alkanes of at least 4 members (excludes halogenated alkanes) is 59. The van der Waals surface area contributed by atoms with E-state index in [9.17, 15) is 19.2 Å². The Balaban J connectivity index is 4.97. The normalized spacial score (nSPS) is 11.6. The van der Waals surface area contributed by atoms with Crippen molar-refractivity contribution in [2.75, 3.05) is 62.7 Å². The Morgan fingerprint density at radius 1 is 0.184 bits per heavy atom. The number of hydrogen-bond donors (Lipinski definition) is 0. The van der Waals surface area contributed by atoms with Crippen molar-refractivity contribution in [3.8, 4) is 0 Å². The van der Waals surface area contributed by atoms with Gasteiger partial charge in [0.25, 0.3) is 0 Å². The van der Waals surface area contributed by atoms with Crippen molar-refractivity contribution in [1.29, 1.82) is 0 Å². The molecule has 0 aliphatic rings. The molecule has 0 N–H and O–H groups in total. The van der Waals surface area contributed by atoms with Crippen molar-refractivity contribution < 1.29 is 47.2 Å². The average molecular weight is 1500 g/mol. The zero-order chi connectivity index (χ0) is 70.9. The molecule has 0 bridgehead atoms. The van der Waals surface area contributed by atoms with Crippen molar-refractivity contribution in [3.05, 3.63) is 0 Å². The van der Waals surface area contributed by atoms with E-state index in [0.717, 1.165) is 77.0 Å². The van der Waals surface area contributed by atoms with E-state index in [1.54, 1.807) is 0 Å². The number of carbonyl (C=O) groups excluding carboxylic acids is 4. The summed E-state index contributed by atoms with van der Waals surface area (Å²) in [7, 11) is 0. The van der Waals surface area contributed by atoms with E-state index < -0.39 is 13.1 Å². The number of esters is 4. The monoisotopic (exact) mass is 1500 g/mol. The fourth-order valence-electron chi connectivity index (χ4n) is 12.3. The highest BCUT2D eigenvalue weighted by atomic mass is 33.1. The maximum Gasteiger partial charge on any atom is 0.316 e. The lowest BCUT2D eigenvalue weighted by molar-refractivity contribution is -0.141. The van der Waals surface area contributed by atoms with Crippen molar-refractivity contribution in [2.45, 2.75) is 439 Å². The molecular formula is C82H160O10P2S4. The minimum Gasteiger partial charge on any atom is -0.465 e. The Morgan fingerprint density at radius 2 is 0.306 bits per heavy atom. The van der Waals surface area contributed by atoms with E-state index >= 15 is 0 Å². The Labute approximate surface area is 626 Å². The Morgan fingerprint density at radius 3 is 0.449 bits per heavy atom. The molecule has 0 fully saturated rings. The summed E-state index contributed by atoms with van der Waals surface area (Å²) in [5, 5.41) is 0. The minimum absolute atomic E-state index is 0.205. The van der Waals surface area contributed by atoms with Crippen LogP contribution in [0.3, 0.4) is 0 Å². The second-order valence-corrected chi connectivity index (χ2v) is 40.4. The van der Waals surface area contributed by atoms with Gasteiger partial charge in [-0.1, -0.05) is 446 Å². The first-order valence-corrected chi connectivity index (χ1v) is 51.2. The van der Waals surface area contributed by atoms with E-state index in [1.165, 1.54) is 379 Å². The van der Waals surface area contributed by atoms with Gasteiger partial charge >= 0.3 is 23.9 Å². The zero-order valence-corrected chi connectivity index (χ0v) is 70.0. The Kier molecular flexibility index (Phi) is 86.0. The van der Waals surface area contributed by atoms with Crippen molar-refractivity contribution in [2.24, 2.45) is 0 Å². The van der Waals surface area contributed by atoms with Crippen LogP contribution in [0.2, 0.25) is 0 Å². The summed E-state index contributed by atoms with van der Waals surface area (Å²) in [6, 6.07) is 0. The quantitative estimate of drug-likeness (QED) is 0.0248. The second kappa shape index (κ2) is 86.0. The molecule has 10 nitrogen and oxygen atoms in total. The SMILES string of the molecule is CCCCCCCCCCCCCCCCCOC(=O)CSP(OCCCCCCOP(SCC(=O)OCCCCCCCCCCCCCCCCC)SCC(=O)OCCCCCCCCCCCCCCCCC)SCC(=O)OCCCCCCCCCCCCCCCCC. The molecule has 98 heavy (non-hydrogen) atoms. The van der Waals surface area contributed by atoms with Gasteiger partial charge in [0.1, 0.15) is 0 Å². The van der Waals surface area contributed by atoms with E-state index in [0.29, 0.717) is 39.6 Å². The van der Waals surface area contributed by atoms with Crippen LogP contribution in [0.1, 0.15) is 439 Å². The first-order valence-electron chi connectivity index (χ1n) is 42.4. The third-order valence-corrected chi connectivity index (χ3v) is 30.9. The van der Waals surface area contributed by atoms with Crippen LogP contribution in [-0.4, -0.2) is 86.5 Å². The molecule has 0 atom stereocenters. The molecule has 0 aromatic carbocycles. The molecule has 0 amide bonds. The molecule has 16 heteroatoms. The summed E-state index contributed by atoms with van der Waals surface area (Å²) in [5.74, 6) is -0.0559. The van der Waals surface area contributed by atoms with Gasteiger partial charge in [0, 0.05) is 0 Å². The molecule has 0 aliphatic heterocycles. The van der Waals surface area contributed by atoms with E-state index in [1.807, 2.05) is 0 Å². The average Bonchev–Trinajstić information content (AvgIpc) is 3.09. The number of hydrogen-bond acceptors (Lipinski definition) is 14. The lowest BCUT2D eigenvalue weighted by Gasteiger charge is -2.16. The molecule has 0 radical (unpaired) electrons. The van der Waals surface area contributed by atoms with E-state index in [-0.39, 0.29) is 46.9 Å². The third-order valence-electron chi connectivity index (χ3n) is 18.6. The first-order chi connectivity index (χ1) is 48.4. The zero-order valence-electron chi connectivity index (χ0n) is 64.9. The molecule has 0 aliphatic carbocycles. The highest BCUT2D eigenvalue weighted by Crippen LogP contribution is 2.62. The van der Waals surface area contributed by atoms with Gasteiger partial charge in [-0.25, -0.2) is 0 Å². The van der Waals surface area contributed by atoms with Crippen LogP contribution in [-0.2, 0) is 47.2 Å². The molecule has 0 aromatic rings. The largest absolute Gasteiger partial charge is 0.465 e. The van der Waals surface area contributed by atoms with Gasteiger partial charge in [0.15, 0.2) is 13.1 Å². The van der Waals surface area contributed by atoms with Gasteiger partial charge in [-0.3, -0.25) is 19.2 Å². The molecule has 0 aromatic heterocycles. The van der Waals surface area contributed by atoms with Crippen LogP contribution >= 0.6 is 58.6 Å². The Hall–Kier alpha value is 0.0600. The molecule has 0 rings (SSSR count). The van der Waals surface area contributed by atoms with Gasteiger partial charge in [0.2, 0.25) is 0 Å². The van der Waals surface area contributed by atoms with Crippen LogP contribution in [0.4, 0.5) is 0 Å². The summed E-state index contributed by atoms with van der Waals surface area (Å²) in [5.41, 5.74) is 0. The second-order valence-electron chi connectivity index (χ2n) is 28.3. The van der Waals surface area contributed by atoms with Gasteiger partial charge in [-0.2, -0.15) is 0 Å². The highest BCUT2D eigenvalue weighted by Gasteiger charge is 2.20. The van der Waals surface area contributed by atoms with Gasteiger partial charge in [-0.15, -0.1) is 0 Å². The maximum absolute atomic E-state index is 12.9. The van der Waals surface area contributed by atoms with Gasteiger partial charge in [-0.05, 0) is 38.5 Å². The smallest absolute Gasteiger partial charge is 0.316 e. The molecule has 0 saturated carbocycles. The number of rotatable bonds is 85. The predicted octanol–water partition coefficient (Wildman–Crippen LogP) is 29.6. The number of carbonyl (C=O) groups is 4. The standard InChI is InChI=1S/C82H160O10P2S4/c1-5-9-13-17-21-25-29-33-37-41-45-49-53-57-63-69-87-79(83)75-95-93(96-76-80(84)88-70-64-58-54-50-46-42-38-34-30-26-22-18-14-10-6-2)91-73-67-61-62-68-74-92-94(97-77-81(85)89-71-65-59-55-51-47-43-39-35-31-27-23-19-15-11-7-3)98-78-82(86)90-72-66-60-56-52-48-44-40-36-32-28-24-20-16-12-8-4/h5-78H2,1-4H3. The summed E-state index contributed by atoms with van der Waals surface area (Å²) >= 11 is 5.84. The third kappa shape index (κ3) is 81.7. The fourth-order valence-corrected chi connectivity index (χ4v) is 22.5. The van der Waals surface area contributed by atoms with E-state index in [4.69, 9.17) is 28.0 Å². The lowest BCUT2D eigenvalue weighted by atomic mass is 10.0. The maximum atomic E-state index is 12.9. The Bertz CT molecular complexity index is 1410. The van der Waals surface area contributed by atoms with Crippen molar-refractivity contribution in [3.63, 3.8) is 0 Å². The van der Waals surface area contributed by atoms with Crippen LogP contribution in [0, 0.1) is 0 Å². The van der Waals surface area contributed by atoms with Crippen LogP contribution in [0.15, 0.2) is 0 Å². The molecule has 0 saturated heterocycles. The summed E-state index contributed by atoms with van der Waals surface area (Å²) in [6.07, 6.45) is 81.5. The fraction of sp³-hybridized carbons (Fsp3) is 0.951. The molecule has 0 heterocycles. The summed E-state index contributed by atoms with van der Waals surface area (Å²) in [6.45, 7) is 9.70. The predicted molar refractivity (Wildman–Crippen MR) is 438 cm³/mol. The minimum atomic E-state index is -1.16. The topological polar surface area (TPSA) is 124 Å². The summed E-state index contributed by atoms with van der Waals surface area (Å²) in [4.78, 5) is 51.7. The van der Waals surface area contributed by atoms with Crippen molar-refractivity contribution >= 4 is 82.5 Å². The van der Waals surface area contributed by atoms with Crippen molar-refractivity contribution in [1.82, 2.24) is 0 Å². The number of ether oxygens (including phenoxy) is 4. The van der Waals surface area contributed by atoms with Crippen LogP contribution in [0.5, 0.6) is 0 Å². The van der Waals surface area contributed by atoms with Crippen LogP contribution < -0.4 is 0 Å². The van der Waals surface area contributed by atoms with Gasteiger partial charge < -0.3 is 28.0 Å². The molecule has 0 spiro atoms. The van der Waals surface area contributed by atoms with Gasteiger partial charge in [0.05, 0.1) is 62.7 Å². The first kappa shape index (κ1) is 98.1. The molecular weight excluding hydrogens is 1340 g/mol. The van der Waals surface area contributed by atoms with Crippen LogP contribution in [0.25, 0.3) is 0 Å². The van der Waals surface area contributed by atoms with E-state index in [2.05, 4.69) is 27.7 Å². The molecule has 0 unspecified atom stereocenters. The molecule has 582 valence electrons. The summed E-state index contributed by atoms with van der Waals surface area (Å²) < 4.78 is 35.4. The lowest BCUT2D eigenvalue weighted by Crippen LogP contribution is -2.09.